The predicted molar refractivity (Wildman–Crippen MR) is 143 cm³/mol. The van der Waals surface area contributed by atoms with E-state index in [4.69, 9.17) is 0 Å². The number of urea groups is 1. The lowest BCUT2D eigenvalue weighted by molar-refractivity contribution is -0.0127. The zero-order valence-corrected chi connectivity index (χ0v) is 21.3. The Bertz CT molecular complexity index is 1090. The van der Waals surface area contributed by atoms with E-state index >= 15 is 0 Å². The van der Waals surface area contributed by atoms with Gasteiger partial charge in [-0.05, 0) is 99.8 Å². The van der Waals surface area contributed by atoms with E-state index in [0.717, 1.165) is 74.2 Å². The maximum atomic E-state index is 13.5. The Morgan fingerprint density at radius 2 is 1.56 bits per heavy atom. The van der Waals surface area contributed by atoms with Crippen molar-refractivity contribution >= 4 is 23.3 Å². The highest BCUT2D eigenvalue weighted by molar-refractivity contribution is 6.02. The van der Waals surface area contributed by atoms with Crippen molar-refractivity contribution in [2.45, 2.75) is 69.9 Å². The van der Waals surface area contributed by atoms with Gasteiger partial charge in [-0.2, -0.15) is 0 Å². The summed E-state index contributed by atoms with van der Waals surface area (Å²) in [5.74, 6) is 2.22. The Morgan fingerprint density at radius 1 is 0.917 bits per heavy atom. The molecule has 5 aliphatic rings. The second-order valence-corrected chi connectivity index (χ2v) is 11.8. The highest BCUT2D eigenvalue weighted by Crippen LogP contribution is 2.55. The van der Waals surface area contributed by atoms with Crippen LogP contribution < -0.4 is 20.9 Å². The maximum absolute atomic E-state index is 13.5. The van der Waals surface area contributed by atoms with Gasteiger partial charge in [-0.3, -0.25) is 4.79 Å². The number of carbonyl (C=O) groups is 2. The van der Waals surface area contributed by atoms with E-state index in [0.29, 0.717) is 11.3 Å². The number of nitrogens with zero attached hydrogens (tertiary/aromatic N) is 1. The summed E-state index contributed by atoms with van der Waals surface area (Å²) >= 11 is 0. The fourth-order valence-electron chi connectivity index (χ4n) is 7.80. The number of hydrogen-bond donors (Lipinski definition) is 3. The number of nitrogens with one attached hydrogen (secondary N) is 3. The normalized spacial score (nSPS) is 29.1. The molecule has 3 N–H and O–H groups in total. The van der Waals surface area contributed by atoms with Crippen LogP contribution in [0.25, 0.3) is 0 Å². The van der Waals surface area contributed by atoms with Crippen LogP contribution in [0.2, 0.25) is 0 Å². The van der Waals surface area contributed by atoms with Crippen molar-refractivity contribution in [3.63, 3.8) is 0 Å². The van der Waals surface area contributed by atoms with Gasteiger partial charge in [0.2, 0.25) is 0 Å². The summed E-state index contributed by atoms with van der Waals surface area (Å²) in [5, 5.41) is 9.62. The van der Waals surface area contributed by atoms with E-state index in [1.807, 2.05) is 55.5 Å². The lowest BCUT2D eigenvalue weighted by Gasteiger charge is -2.56. The van der Waals surface area contributed by atoms with Gasteiger partial charge < -0.3 is 20.9 Å². The van der Waals surface area contributed by atoms with E-state index in [1.54, 1.807) is 0 Å². The van der Waals surface area contributed by atoms with Gasteiger partial charge in [-0.1, -0.05) is 30.3 Å². The molecule has 7 rings (SSSR count). The van der Waals surface area contributed by atoms with E-state index in [9.17, 15) is 9.59 Å². The molecule has 3 amide bonds. The summed E-state index contributed by atoms with van der Waals surface area (Å²) < 4.78 is 0. The van der Waals surface area contributed by atoms with Gasteiger partial charge >= 0.3 is 6.03 Å². The highest BCUT2D eigenvalue weighted by atomic mass is 16.2. The first-order valence-corrected chi connectivity index (χ1v) is 13.8. The van der Waals surface area contributed by atoms with Crippen LogP contribution in [0.15, 0.2) is 48.5 Å². The number of anilines is 2. The number of hydrogen-bond acceptors (Lipinski definition) is 3. The van der Waals surface area contributed by atoms with Crippen LogP contribution in [0.3, 0.4) is 0 Å². The van der Waals surface area contributed by atoms with Gasteiger partial charge in [0.15, 0.2) is 0 Å². The smallest absolute Gasteiger partial charge is 0.319 e. The topological polar surface area (TPSA) is 73.5 Å². The molecule has 1 aliphatic heterocycles. The Labute approximate surface area is 214 Å². The van der Waals surface area contributed by atoms with Crippen molar-refractivity contribution in [2.24, 2.45) is 17.8 Å². The van der Waals surface area contributed by atoms with Crippen LogP contribution >= 0.6 is 0 Å². The summed E-state index contributed by atoms with van der Waals surface area (Å²) in [6.07, 6.45) is 9.66. The van der Waals surface area contributed by atoms with E-state index < -0.39 is 0 Å². The SMILES string of the molecule is CC(NC(=O)c1cc(NC(=O)NC23CC4CC(CC(C4)C2)C3)ccc1N1CCCC1)c1ccccc1. The van der Waals surface area contributed by atoms with E-state index in [-0.39, 0.29) is 23.5 Å². The Kier molecular flexibility index (Phi) is 6.14. The molecule has 0 aromatic heterocycles. The average molecular weight is 487 g/mol. The third kappa shape index (κ3) is 4.70. The van der Waals surface area contributed by atoms with Crippen molar-refractivity contribution in [1.29, 1.82) is 0 Å². The van der Waals surface area contributed by atoms with Crippen LogP contribution in [0.4, 0.5) is 16.2 Å². The molecule has 0 radical (unpaired) electrons. The molecular weight excluding hydrogens is 448 g/mol. The summed E-state index contributed by atoms with van der Waals surface area (Å²) in [7, 11) is 0. The molecule has 1 saturated heterocycles. The Hall–Kier alpha value is -3.02. The average Bonchev–Trinajstić information content (AvgIpc) is 3.38. The molecule has 0 spiro atoms. The predicted octanol–water partition coefficient (Wildman–Crippen LogP) is 5.87. The zero-order valence-electron chi connectivity index (χ0n) is 21.3. The van der Waals surface area contributed by atoms with Crippen molar-refractivity contribution in [1.82, 2.24) is 10.6 Å². The lowest BCUT2D eigenvalue weighted by atomic mass is 9.53. The minimum Gasteiger partial charge on any atom is -0.371 e. The number of rotatable bonds is 6. The fraction of sp³-hybridized carbons (Fsp3) is 0.533. The van der Waals surface area contributed by atoms with Gasteiger partial charge in [-0.25, -0.2) is 4.79 Å². The Balaban J connectivity index is 1.19. The largest absolute Gasteiger partial charge is 0.371 e. The molecule has 4 bridgehead atoms. The molecule has 2 aromatic carbocycles. The van der Waals surface area contributed by atoms with E-state index in [1.165, 1.54) is 19.3 Å². The molecule has 1 unspecified atom stereocenters. The van der Waals surface area contributed by atoms with Gasteiger partial charge in [0.25, 0.3) is 5.91 Å². The molecular formula is C30H38N4O2. The summed E-state index contributed by atoms with van der Waals surface area (Å²) in [4.78, 5) is 28.9. The summed E-state index contributed by atoms with van der Waals surface area (Å²) in [6, 6.07) is 15.5. The van der Waals surface area contributed by atoms with Crippen molar-refractivity contribution in [2.75, 3.05) is 23.3 Å². The van der Waals surface area contributed by atoms with Crippen LogP contribution in [0.1, 0.15) is 80.3 Å². The molecule has 1 atom stereocenters. The van der Waals surface area contributed by atoms with Crippen LogP contribution in [0.5, 0.6) is 0 Å². The molecule has 190 valence electrons. The third-order valence-electron chi connectivity index (χ3n) is 9.01. The van der Waals surface area contributed by atoms with Crippen LogP contribution in [0, 0.1) is 17.8 Å². The molecule has 36 heavy (non-hydrogen) atoms. The molecule has 6 heteroatoms. The molecule has 4 saturated carbocycles. The first-order chi connectivity index (χ1) is 17.5. The highest BCUT2D eigenvalue weighted by Gasteiger charge is 2.51. The van der Waals surface area contributed by atoms with Crippen molar-refractivity contribution in [3.05, 3.63) is 59.7 Å². The number of benzene rings is 2. The summed E-state index contributed by atoms with van der Waals surface area (Å²) in [5.41, 5.74) is 3.25. The molecule has 1 heterocycles. The minimum atomic E-state index is -0.144. The van der Waals surface area contributed by atoms with Gasteiger partial charge in [-0.15, -0.1) is 0 Å². The molecule has 6 nitrogen and oxygen atoms in total. The molecule has 4 aliphatic carbocycles. The Morgan fingerprint density at radius 3 is 2.19 bits per heavy atom. The number of amides is 3. The first kappa shape index (κ1) is 23.4. The summed E-state index contributed by atoms with van der Waals surface area (Å²) in [6.45, 7) is 3.91. The fourth-order valence-corrected chi connectivity index (χ4v) is 7.80. The monoisotopic (exact) mass is 486 g/mol. The molecule has 5 fully saturated rings. The van der Waals surface area contributed by atoms with E-state index in [2.05, 4.69) is 20.9 Å². The zero-order chi connectivity index (χ0) is 24.7. The third-order valence-corrected chi connectivity index (χ3v) is 9.01. The quantitative estimate of drug-likeness (QED) is 0.478. The maximum Gasteiger partial charge on any atom is 0.319 e. The van der Waals surface area contributed by atoms with Crippen LogP contribution in [-0.2, 0) is 0 Å². The number of carbonyl (C=O) groups excluding carboxylic acids is 2. The lowest BCUT2D eigenvalue weighted by Crippen LogP contribution is -2.60. The minimum absolute atomic E-state index is 0.0420. The van der Waals surface area contributed by atoms with Gasteiger partial charge in [0.05, 0.1) is 11.6 Å². The van der Waals surface area contributed by atoms with Crippen molar-refractivity contribution < 1.29 is 9.59 Å². The van der Waals surface area contributed by atoms with Gasteiger partial charge in [0, 0.05) is 30.0 Å². The standard InChI is InChI=1S/C30H38N4O2/c1-20(24-7-3-2-4-8-24)31-28(35)26-16-25(9-10-27(26)34-11-5-6-12-34)32-29(36)33-30-17-21-13-22(18-30)15-23(14-21)19-30/h2-4,7-10,16,20-23H,5-6,11-15,17-19H2,1H3,(H,31,35)(H2,32,33,36). The van der Waals surface area contributed by atoms with Gasteiger partial charge in [0.1, 0.15) is 0 Å². The van der Waals surface area contributed by atoms with Crippen LogP contribution in [-0.4, -0.2) is 30.6 Å². The first-order valence-electron chi connectivity index (χ1n) is 13.8. The second kappa shape index (κ2) is 9.45. The van der Waals surface area contributed by atoms with Crippen molar-refractivity contribution in [3.8, 4) is 0 Å². The second-order valence-electron chi connectivity index (χ2n) is 11.8. The molecule has 2 aromatic rings.